The van der Waals surface area contributed by atoms with Crippen molar-refractivity contribution in [2.75, 3.05) is 13.1 Å². The zero-order valence-corrected chi connectivity index (χ0v) is 9.17. The summed E-state index contributed by atoms with van der Waals surface area (Å²) in [5, 5.41) is 6.28. The Bertz CT molecular complexity index is 244. The summed E-state index contributed by atoms with van der Waals surface area (Å²) < 4.78 is 0. The summed E-state index contributed by atoms with van der Waals surface area (Å²) in [5.74, 6) is 0.849. The number of nitrogens with one attached hydrogen (secondary N) is 2. The molecule has 3 nitrogen and oxygen atoms in total. The van der Waals surface area contributed by atoms with Gasteiger partial charge in [0, 0.05) is 6.54 Å². The quantitative estimate of drug-likeness (QED) is 0.684. The van der Waals surface area contributed by atoms with Crippen LogP contribution in [0.2, 0.25) is 0 Å². The number of carbonyl (C=O) groups is 1. The van der Waals surface area contributed by atoms with Gasteiger partial charge in [-0.05, 0) is 44.6 Å². The summed E-state index contributed by atoms with van der Waals surface area (Å²) in [5.41, 5.74) is 0. The average molecular weight is 208 g/mol. The van der Waals surface area contributed by atoms with Gasteiger partial charge in [-0.2, -0.15) is 0 Å². The lowest BCUT2D eigenvalue weighted by atomic mass is 9.94. The first-order valence-corrected chi connectivity index (χ1v) is 6.02. The zero-order chi connectivity index (χ0) is 10.5. The minimum absolute atomic E-state index is 0.0733. The predicted octanol–water partition coefficient (Wildman–Crippen LogP) is 1.21. The summed E-state index contributed by atoms with van der Waals surface area (Å²) in [6, 6.07) is 0.0733. The molecule has 0 radical (unpaired) electrons. The first kappa shape index (κ1) is 10.7. The van der Waals surface area contributed by atoms with Crippen LogP contribution >= 0.6 is 0 Å². The van der Waals surface area contributed by atoms with E-state index in [1.54, 1.807) is 0 Å². The van der Waals surface area contributed by atoms with E-state index in [1.807, 2.05) is 0 Å². The average Bonchev–Trinajstić information content (AvgIpc) is 2.81. The topological polar surface area (TPSA) is 41.1 Å². The lowest BCUT2D eigenvalue weighted by Crippen LogP contribution is -2.42. The molecule has 0 aromatic carbocycles. The Kier molecular flexibility index (Phi) is 3.78. The molecule has 15 heavy (non-hydrogen) atoms. The van der Waals surface area contributed by atoms with Crippen molar-refractivity contribution in [2.24, 2.45) is 5.92 Å². The molecule has 1 amide bonds. The van der Waals surface area contributed by atoms with E-state index in [0.717, 1.165) is 32.4 Å². The first-order valence-electron chi connectivity index (χ1n) is 6.02. The Labute approximate surface area is 91.3 Å². The Balaban J connectivity index is 1.68. The second-order valence-corrected chi connectivity index (χ2v) is 4.54. The van der Waals surface area contributed by atoms with Gasteiger partial charge in [0.25, 0.3) is 0 Å². The number of rotatable bonds is 3. The molecular weight excluding hydrogens is 188 g/mol. The number of hydrogen-bond acceptors (Lipinski definition) is 2. The van der Waals surface area contributed by atoms with Gasteiger partial charge in [-0.1, -0.05) is 12.2 Å². The molecule has 1 aliphatic heterocycles. The highest BCUT2D eigenvalue weighted by molar-refractivity contribution is 5.81. The fourth-order valence-corrected chi connectivity index (χ4v) is 2.32. The zero-order valence-electron chi connectivity index (χ0n) is 9.17. The third-order valence-electron chi connectivity index (χ3n) is 3.32. The third kappa shape index (κ3) is 3.06. The highest BCUT2D eigenvalue weighted by Gasteiger charge is 2.22. The molecule has 84 valence electrons. The molecule has 0 aromatic heterocycles. The number of amides is 1. The number of allylic oxidation sites excluding steroid dienone is 2. The van der Waals surface area contributed by atoms with Gasteiger partial charge >= 0.3 is 0 Å². The monoisotopic (exact) mass is 208 g/mol. The maximum absolute atomic E-state index is 11.7. The maximum Gasteiger partial charge on any atom is 0.237 e. The summed E-state index contributed by atoms with van der Waals surface area (Å²) >= 11 is 0. The lowest BCUT2D eigenvalue weighted by Gasteiger charge is -2.19. The Morgan fingerprint density at radius 3 is 3.00 bits per heavy atom. The maximum atomic E-state index is 11.7. The van der Waals surface area contributed by atoms with E-state index >= 15 is 0 Å². The van der Waals surface area contributed by atoms with Gasteiger partial charge in [0.2, 0.25) is 5.91 Å². The fourth-order valence-electron chi connectivity index (χ4n) is 2.32. The summed E-state index contributed by atoms with van der Waals surface area (Å²) in [6.07, 6.45) is 10.1. The fraction of sp³-hybridized carbons (Fsp3) is 0.750. The molecule has 2 rings (SSSR count). The van der Waals surface area contributed by atoms with Gasteiger partial charge < -0.3 is 10.6 Å². The van der Waals surface area contributed by atoms with Crippen LogP contribution in [0.5, 0.6) is 0 Å². The Morgan fingerprint density at radius 2 is 2.33 bits per heavy atom. The van der Waals surface area contributed by atoms with Crippen LogP contribution in [-0.4, -0.2) is 25.0 Å². The molecule has 1 fully saturated rings. The lowest BCUT2D eigenvalue weighted by molar-refractivity contribution is -0.122. The van der Waals surface area contributed by atoms with Crippen molar-refractivity contribution < 1.29 is 4.79 Å². The molecule has 0 aromatic rings. The molecule has 0 saturated carbocycles. The van der Waals surface area contributed by atoms with Crippen molar-refractivity contribution in [2.45, 2.75) is 38.1 Å². The minimum Gasteiger partial charge on any atom is -0.354 e. The second-order valence-electron chi connectivity index (χ2n) is 4.54. The van der Waals surface area contributed by atoms with Crippen molar-refractivity contribution >= 4 is 5.91 Å². The molecule has 1 saturated heterocycles. The summed E-state index contributed by atoms with van der Waals surface area (Å²) in [7, 11) is 0. The molecule has 0 bridgehead atoms. The van der Waals surface area contributed by atoms with E-state index < -0.39 is 0 Å². The van der Waals surface area contributed by atoms with Crippen molar-refractivity contribution in [1.82, 2.24) is 10.6 Å². The molecule has 1 heterocycles. The van der Waals surface area contributed by atoms with E-state index in [1.165, 1.54) is 12.8 Å². The van der Waals surface area contributed by atoms with E-state index in [4.69, 9.17) is 0 Å². The van der Waals surface area contributed by atoms with Crippen LogP contribution < -0.4 is 10.6 Å². The van der Waals surface area contributed by atoms with Crippen molar-refractivity contribution in [3.05, 3.63) is 12.2 Å². The van der Waals surface area contributed by atoms with Crippen LogP contribution in [0, 0.1) is 5.92 Å². The predicted molar refractivity (Wildman–Crippen MR) is 60.5 cm³/mol. The van der Waals surface area contributed by atoms with E-state index in [9.17, 15) is 4.79 Å². The minimum atomic E-state index is 0.0733. The number of carbonyl (C=O) groups excluding carboxylic acids is 1. The molecular formula is C12H20N2O. The molecule has 2 aliphatic rings. The van der Waals surface area contributed by atoms with Gasteiger partial charge in [0.1, 0.15) is 0 Å². The van der Waals surface area contributed by atoms with E-state index in [-0.39, 0.29) is 11.9 Å². The van der Waals surface area contributed by atoms with Crippen LogP contribution in [0.15, 0.2) is 12.2 Å². The largest absolute Gasteiger partial charge is 0.354 e. The van der Waals surface area contributed by atoms with Gasteiger partial charge in [0.15, 0.2) is 0 Å². The van der Waals surface area contributed by atoms with Crippen molar-refractivity contribution in [3.63, 3.8) is 0 Å². The van der Waals surface area contributed by atoms with Crippen LogP contribution in [0.1, 0.15) is 32.1 Å². The van der Waals surface area contributed by atoms with E-state index in [2.05, 4.69) is 22.8 Å². The Morgan fingerprint density at radius 1 is 1.40 bits per heavy atom. The molecule has 1 aliphatic carbocycles. The first-order chi connectivity index (χ1) is 7.36. The van der Waals surface area contributed by atoms with Crippen LogP contribution in [-0.2, 0) is 4.79 Å². The van der Waals surface area contributed by atoms with Gasteiger partial charge in [-0.15, -0.1) is 0 Å². The molecule has 0 spiro atoms. The van der Waals surface area contributed by atoms with Crippen LogP contribution in [0.4, 0.5) is 0 Å². The summed E-state index contributed by atoms with van der Waals surface area (Å²) in [6.45, 7) is 1.84. The summed E-state index contributed by atoms with van der Waals surface area (Å²) in [4.78, 5) is 11.7. The van der Waals surface area contributed by atoms with E-state index in [0.29, 0.717) is 5.92 Å². The molecule has 2 N–H and O–H groups in total. The highest BCUT2D eigenvalue weighted by Crippen LogP contribution is 2.17. The molecule has 2 atom stereocenters. The van der Waals surface area contributed by atoms with Gasteiger partial charge in [0.05, 0.1) is 6.04 Å². The molecule has 1 unspecified atom stereocenters. The standard InChI is InChI=1S/C12H20N2O/c15-12(11-7-4-8-13-11)14-9-10-5-2-1-3-6-10/h1-2,10-11,13H,3-9H2,(H,14,15)/t10?,11-/m0/s1. The van der Waals surface area contributed by atoms with Crippen molar-refractivity contribution in [1.29, 1.82) is 0 Å². The van der Waals surface area contributed by atoms with Crippen LogP contribution in [0.25, 0.3) is 0 Å². The highest BCUT2D eigenvalue weighted by atomic mass is 16.2. The Hall–Kier alpha value is -0.830. The smallest absolute Gasteiger partial charge is 0.237 e. The number of hydrogen-bond donors (Lipinski definition) is 2. The van der Waals surface area contributed by atoms with Crippen LogP contribution in [0.3, 0.4) is 0 Å². The molecule has 3 heteroatoms. The van der Waals surface area contributed by atoms with Crippen molar-refractivity contribution in [3.8, 4) is 0 Å². The SMILES string of the molecule is O=C(NCC1CC=CCC1)[C@@H]1CCCN1. The third-order valence-corrected chi connectivity index (χ3v) is 3.32. The van der Waals surface area contributed by atoms with Gasteiger partial charge in [-0.3, -0.25) is 4.79 Å². The van der Waals surface area contributed by atoms with Gasteiger partial charge in [-0.25, -0.2) is 0 Å². The normalized spacial score (nSPS) is 30.4. The second kappa shape index (κ2) is 5.31.